The van der Waals surface area contributed by atoms with Crippen LogP contribution in [-0.4, -0.2) is 61.6 Å². The minimum Gasteiger partial charge on any atom is -0.389 e. The molecule has 0 bridgehead atoms. The third kappa shape index (κ3) is 4.73. The molecule has 1 aromatic carbocycles. The largest absolute Gasteiger partial charge is 0.389 e. The van der Waals surface area contributed by atoms with Crippen molar-refractivity contribution in [2.24, 2.45) is 5.41 Å². The first-order valence-electron chi connectivity index (χ1n) is 10.2. The lowest BCUT2D eigenvalue weighted by Crippen LogP contribution is -2.50. The molecule has 0 aromatic heterocycles. The van der Waals surface area contributed by atoms with Crippen LogP contribution in [0.3, 0.4) is 0 Å². The van der Waals surface area contributed by atoms with Crippen LogP contribution in [0.2, 0.25) is 0 Å². The van der Waals surface area contributed by atoms with E-state index >= 15 is 0 Å². The number of sulfonamides is 1. The van der Waals surface area contributed by atoms with Crippen LogP contribution in [0, 0.1) is 5.41 Å². The van der Waals surface area contributed by atoms with E-state index in [1.807, 2.05) is 6.07 Å². The second kappa shape index (κ2) is 8.19. The van der Waals surface area contributed by atoms with Gasteiger partial charge < -0.3 is 10.0 Å². The van der Waals surface area contributed by atoms with E-state index in [-0.39, 0.29) is 5.41 Å². The van der Waals surface area contributed by atoms with Gasteiger partial charge in [-0.3, -0.25) is 0 Å². The standard InChI is InChI=1S/C21H34N2O3S/c1-3-15-22(2)18-21(24)11-9-20(10-12-21)13-16-23(17-14-20)27(25,26)19-7-5-4-6-8-19/h4-8,24H,3,9-18H2,1-2H3. The van der Waals surface area contributed by atoms with Gasteiger partial charge in [0.1, 0.15) is 0 Å². The summed E-state index contributed by atoms with van der Waals surface area (Å²) in [7, 11) is -1.30. The van der Waals surface area contributed by atoms with Gasteiger partial charge in [0, 0.05) is 19.6 Å². The fourth-order valence-corrected chi connectivity index (χ4v) is 6.27. The van der Waals surface area contributed by atoms with Gasteiger partial charge in [-0.2, -0.15) is 4.31 Å². The molecule has 0 atom stereocenters. The lowest BCUT2D eigenvalue weighted by Gasteiger charge is -2.48. The van der Waals surface area contributed by atoms with E-state index in [4.69, 9.17) is 0 Å². The van der Waals surface area contributed by atoms with Crippen LogP contribution in [-0.2, 0) is 10.0 Å². The highest BCUT2D eigenvalue weighted by Gasteiger charge is 2.45. The Bertz CT molecular complexity index is 702. The molecule has 2 aliphatic rings. The van der Waals surface area contributed by atoms with Gasteiger partial charge in [0.2, 0.25) is 10.0 Å². The Morgan fingerprint density at radius 1 is 1.04 bits per heavy atom. The highest BCUT2D eigenvalue weighted by atomic mass is 32.2. The summed E-state index contributed by atoms with van der Waals surface area (Å²) in [5.41, 5.74) is -0.374. The van der Waals surface area contributed by atoms with Crippen LogP contribution in [0.1, 0.15) is 51.9 Å². The second-order valence-electron chi connectivity index (χ2n) is 8.68. The number of benzene rings is 1. The molecule has 1 saturated carbocycles. The zero-order valence-corrected chi connectivity index (χ0v) is 17.5. The molecule has 0 unspecified atom stereocenters. The van der Waals surface area contributed by atoms with E-state index in [0.717, 1.165) is 58.0 Å². The monoisotopic (exact) mass is 394 g/mol. The van der Waals surface area contributed by atoms with E-state index in [2.05, 4.69) is 18.9 Å². The predicted octanol–water partition coefficient (Wildman–Crippen LogP) is 3.10. The van der Waals surface area contributed by atoms with Gasteiger partial charge in [-0.1, -0.05) is 25.1 Å². The molecule has 1 saturated heterocycles. The quantitative estimate of drug-likeness (QED) is 0.805. The summed E-state index contributed by atoms with van der Waals surface area (Å²) in [6.07, 6.45) is 6.56. The highest BCUT2D eigenvalue weighted by molar-refractivity contribution is 7.89. The smallest absolute Gasteiger partial charge is 0.243 e. The molecule has 1 heterocycles. The molecule has 6 heteroatoms. The summed E-state index contributed by atoms with van der Waals surface area (Å²) in [6, 6.07) is 8.73. The number of likely N-dealkylation sites (N-methyl/N-ethyl adjacent to an activating group) is 1. The van der Waals surface area contributed by atoms with Crippen LogP contribution in [0.15, 0.2) is 35.2 Å². The number of aliphatic hydroxyl groups is 1. The minimum absolute atomic E-state index is 0.207. The van der Waals surface area contributed by atoms with Gasteiger partial charge in [0.25, 0.3) is 0 Å². The first kappa shape index (κ1) is 20.8. The first-order valence-corrected chi connectivity index (χ1v) is 11.7. The Morgan fingerprint density at radius 3 is 2.19 bits per heavy atom. The van der Waals surface area contributed by atoms with E-state index < -0.39 is 15.6 Å². The van der Waals surface area contributed by atoms with E-state index in [1.54, 1.807) is 28.6 Å². The highest BCUT2D eigenvalue weighted by Crippen LogP contribution is 2.48. The van der Waals surface area contributed by atoms with Gasteiger partial charge >= 0.3 is 0 Å². The van der Waals surface area contributed by atoms with Gasteiger partial charge in [-0.15, -0.1) is 0 Å². The van der Waals surface area contributed by atoms with E-state index in [9.17, 15) is 13.5 Å². The summed E-state index contributed by atoms with van der Waals surface area (Å²) in [5, 5.41) is 11.0. The maximum absolute atomic E-state index is 12.8. The predicted molar refractivity (Wildman–Crippen MR) is 108 cm³/mol. The Labute approximate surface area is 164 Å². The third-order valence-corrected chi connectivity index (χ3v) is 8.49. The lowest BCUT2D eigenvalue weighted by atomic mass is 9.64. The second-order valence-corrected chi connectivity index (χ2v) is 10.6. The number of hydrogen-bond donors (Lipinski definition) is 1. The topological polar surface area (TPSA) is 60.9 Å². The molecule has 0 radical (unpaired) electrons. The van der Waals surface area contributed by atoms with E-state index in [1.165, 1.54) is 0 Å². The van der Waals surface area contributed by atoms with Crippen molar-refractivity contribution < 1.29 is 13.5 Å². The Balaban J connectivity index is 1.57. The third-order valence-electron chi connectivity index (χ3n) is 6.57. The summed E-state index contributed by atoms with van der Waals surface area (Å²) in [6.45, 7) is 5.09. The Kier molecular flexibility index (Phi) is 6.31. The molecule has 1 spiro atoms. The maximum Gasteiger partial charge on any atom is 0.243 e. The summed E-state index contributed by atoms with van der Waals surface area (Å²) in [5.74, 6) is 0. The fraction of sp³-hybridized carbons (Fsp3) is 0.714. The van der Waals surface area contributed by atoms with Crippen LogP contribution < -0.4 is 0 Å². The van der Waals surface area contributed by atoms with Crippen molar-refractivity contribution in [2.45, 2.75) is 62.4 Å². The van der Waals surface area contributed by atoms with Gasteiger partial charge in [0.15, 0.2) is 0 Å². The molecule has 3 rings (SSSR count). The molecule has 1 aliphatic carbocycles. The van der Waals surface area contributed by atoms with Crippen LogP contribution in [0.5, 0.6) is 0 Å². The van der Waals surface area contributed by atoms with Crippen molar-refractivity contribution in [2.75, 3.05) is 33.2 Å². The average Bonchev–Trinajstić information content (AvgIpc) is 2.66. The number of piperidine rings is 1. The van der Waals surface area contributed by atoms with Crippen LogP contribution >= 0.6 is 0 Å². The van der Waals surface area contributed by atoms with Gasteiger partial charge in [0.05, 0.1) is 10.5 Å². The summed E-state index contributed by atoms with van der Waals surface area (Å²) < 4.78 is 27.3. The Hall–Kier alpha value is -0.950. The maximum atomic E-state index is 12.8. The SMILES string of the molecule is CCCN(C)CC1(O)CCC2(CCN(S(=O)(=O)c3ccccc3)CC2)CC1. The van der Waals surface area contributed by atoms with Gasteiger partial charge in [-0.05, 0) is 76.1 Å². The Morgan fingerprint density at radius 2 is 1.63 bits per heavy atom. The van der Waals surface area contributed by atoms with E-state index in [0.29, 0.717) is 18.0 Å². The molecular formula is C21H34N2O3S. The molecule has 1 aromatic rings. The minimum atomic E-state index is -3.39. The van der Waals surface area contributed by atoms with Crippen LogP contribution in [0.4, 0.5) is 0 Å². The molecule has 1 aliphatic heterocycles. The van der Waals surface area contributed by atoms with Crippen molar-refractivity contribution in [1.29, 1.82) is 0 Å². The molecule has 2 fully saturated rings. The van der Waals surface area contributed by atoms with Crippen molar-refractivity contribution >= 4 is 10.0 Å². The zero-order valence-electron chi connectivity index (χ0n) is 16.7. The molecular weight excluding hydrogens is 360 g/mol. The molecule has 1 N–H and O–H groups in total. The first-order chi connectivity index (χ1) is 12.8. The number of hydrogen-bond acceptors (Lipinski definition) is 4. The van der Waals surface area contributed by atoms with Crippen molar-refractivity contribution in [3.05, 3.63) is 30.3 Å². The number of rotatable bonds is 6. The van der Waals surface area contributed by atoms with Crippen LogP contribution in [0.25, 0.3) is 0 Å². The molecule has 27 heavy (non-hydrogen) atoms. The average molecular weight is 395 g/mol. The molecule has 5 nitrogen and oxygen atoms in total. The normalized spacial score (nSPS) is 23.0. The summed E-state index contributed by atoms with van der Waals surface area (Å²) >= 11 is 0. The van der Waals surface area contributed by atoms with Crippen molar-refractivity contribution in [3.8, 4) is 0 Å². The van der Waals surface area contributed by atoms with Gasteiger partial charge in [-0.25, -0.2) is 8.42 Å². The molecule has 152 valence electrons. The van der Waals surface area contributed by atoms with Crippen molar-refractivity contribution in [3.63, 3.8) is 0 Å². The molecule has 0 amide bonds. The fourth-order valence-electron chi connectivity index (χ4n) is 4.81. The number of nitrogens with zero attached hydrogens (tertiary/aromatic N) is 2. The van der Waals surface area contributed by atoms with Crippen molar-refractivity contribution in [1.82, 2.24) is 9.21 Å². The summed E-state index contributed by atoms with van der Waals surface area (Å²) in [4.78, 5) is 2.62. The zero-order chi connectivity index (χ0) is 19.5. The lowest BCUT2D eigenvalue weighted by molar-refractivity contribution is -0.0621.